The molecule has 0 saturated heterocycles. The number of nitrogens with zero attached hydrogens (tertiary/aromatic N) is 3. The molecule has 0 radical (unpaired) electrons. The number of carbonyl (C=O) groups excluding carboxylic acids is 1. The lowest BCUT2D eigenvalue weighted by Crippen LogP contribution is -2.32. The molecule has 0 saturated carbocycles. The number of anilines is 1. The number of nitrogen functional groups attached to an aromatic ring is 1. The number of amides is 1. The average molecular weight is 306 g/mol. The third kappa shape index (κ3) is 3.50. The average Bonchev–Trinajstić information content (AvgIpc) is 2.84. The second-order valence-corrected chi connectivity index (χ2v) is 6.09. The molecular weight excluding hydrogens is 284 g/mol. The van der Waals surface area contributed by atoms with Gasteiger partial charge in [-0.05, 0) is 18.9 Å². The molecule has 0 fully saturated rings. The van der Waals surface area contributed by atoms with Crippen LogP contribution in [0.25, 0.3) is 10.2 Å². The van der Waals surface area contributed by atoms with Crippen molar-refractivity contribution in [3.8, 4) is 0 Å². The molecule has 0 aromatic carbocycles. The molecule has 2 aromatic heterocycles. The first kappa shape index (κ1) is 15.7. The lowest BCUT2D eigenvalue weighted by molar-refractivity contribution is 0.0757. The van der Waals surface area contributed by atoms with Gasteiger partial charge < -0.3 is 10.6 Å². The van der Waals surface area contributed by atoms with Crippen LogP contribution in [-0.4, -0.2) is 34.1 Å². The predicted octanol–water partition coefficient (Wildman–Crippen LogP) is 3.32. The Balaban J connectivity index is 2.26. The Hall–Kier alpha value is -1.69. The molecule has 0 atom stereocenters. The highest BCUT2D eigenvalue weighted by Crippen LogP contribution is 2.32. The van der Waals surface area contributed by atoms with Crippen LogP contribution in [0, 0.1) is 0 Å². The van der Waals surface area contributed by atoms with Crippen LogP contribution >= 0.6 is 11.3 Å². The van der Waals surface area contributed by atoms with Crippen molar-refractivity contribution in [1.29, 1.82) is 0 Å². The molecular formula is C15H22N4OS. The van der Waals surface area contributed by atoms with Gasteiger partial charge in [-0.15, -0.1) is 16.4 Å². The summed E-state index contributed by atoms with van der Waals surface area (Å²) in [5, 5.41) is 8.72. The quantitative estimate of drug-likeness (QED) is 0.851. The summed E-state index contributed by atoms with van der Waals surface area (Å²) in [7, 11) is 0. The van der Waals surface area contributed by atoms with Crippen molar-refractivity contribution in [3.05, 3.63) is 17.1 Å². The molecule has 114 valence electrons. The zero-order valence-corrected chi connectivity index (χ0v) is 13.4. The van der Waals surface area contributed by atoms with Crippen LogP contribution < -0.4 is 5.73 Å². The lowest BCUT2D eigenvalue weighted by Gasteiger charge is -2.22. The van der Waals surface area contributed by atoms with E-state index in [4.69, 9.17) is 5.73 Å². The minimum absolute atomic E-state index is 0.0254. The van der Waals surface area contributed by atoms with Crippen molar-refractivity contribution in [2.45, 2.75) is 39.5 Å². The minimum Gasteiger partial charge on any atom is -0.397 e. The fourth-order valence-corrected chi connectivity index (χ4v) is 3.19. The van der Waals surface area contributed by atoms with E-state index in [2.05, 4.69) is 24.0 Å². The molecule has 0 aliphatic heterocycles. The van der Waals surface area contributed by atoms with Gasteiger partial charge in [-0.2, -0.15) is 5.10 Å². The van der Waals surface area contributed by atoms with E-state index in [0.29, 0.717) is 10.6 Å². The third-order valence-corrected chi connectivity index (χ3v) is 4.56. The standard InChI is InChI=1S/C15H22N4OS/c1-3-5-9-19(10-6-4-2)15(20)13-12(16)11-7-8-17-18-14(11)21-13/h7-8H,3-6,9-10,16H2,1-2H3. The van der Waals surface area contributed by atoms with Crippen molar-refractivity contribution in [1.82, 2.24) is 15.1 Å². The van der Waals surface area contributed by atoms with E-state index in [0.717, 1.165) is 49.0 Å². The number of rotatable bonds is 7. The monoisotopic (exact) mass is 306 g/mol. The fourth-order valence-electron chi connectivity index (χ4n) is 2.19. The van der Waals surface area contributed by atoms with Crippen LogP contribution in [0.3, 0.4) is 0 Å². The largest absolute Gasteiger partial charge is 0.397 e. The number of unbranched alkanes of at least 4 members (excludes halogenated alkanes) is 2. The number of thiophene rings is 1. The van der Waals surface area contributed by atoms with Crippen molar-refractivity contribution < 1.29 is 4.79 Å². The van der Waals surface area contributed by atoms with Gasteiger partial charge in [0.2, 0.25) is 0 Å². The smallest absolute Gasteiger partial charge is 0.266 e. The van der Waals surface area contributed by atoms with Crippen molar-refractivity contribution in [2.24, 2.45) is 0 Å². The molecule has 0 unspecified atom stereocenters. The van der Waals surface area contributed by atoms with E-state index in [1.165, 1.54) is 11.3 Å². The van der Waals surface area contributed by atoms with E-state index < -0.39 is 0 Å². The summed E-state index contributed by atoms with van der Waals surface area (Å²) in [6, 6.07) is 1.81. The number of nitrogens with two attached hydrogens (primary N) is 1. The molecule has 5 nitrogen and oxygen atoms in total. The number of fused-ring (bicyclic) bond motifs is 1. The van der Waals surface area contributed by atoms with Gasteiger partial charge in [-0.1, -0.05) is 26.7 Å². The molecule has 0 aliphatic carbocycles. The molecule has 2 aromatic rings. The van der Waals surface area contributed by atoms with Crippen LogP contribution in [0.5, 0.6) is 0 Å². The Bertz CT molecular complexity index is 603. The highest BCUT2D eigenvalue weighted by atomic mass is 32.1. The molecule has 0 spiro atoms. The Morgan fingerprint density at radius 2 is 1.95 bits per heavy atom. The van der Waals surface area contributed by atoms with Gasteiger partial charge in [0, 0.05) is 18.5 Å². The third-order valence-electron chi connectivity index (χ3n) is 3.46. The first-order chi connectivity index (χ1) is 10.2. The van der Waals surface area contributed by atoms with Gasteiger partial charge in [0.15, 0.2) is 0 Å². The topological polar surface area (TPSA) is 72.1 Å². The molecule has 2 rings (SSSR count). The van der Waals surface area contributed by atoms with Crippen LogP contribution in [0.1, 0.15) is 49.2 Å². The molecule has 0 bridgehead atoms. The summed E-state index contributed by atoms with van der Waals surface area (Å²) in [4.78, 5) is 16.0. The predicted molar refractivity (Wildman–Crippen MR) is 87.5 cm³/mol. The first-order valence-corrected chi connectivity index (χ1v) is 8.29. The number of hydrogen-bond donors (Lipinski definition) is 1. The second kappa shape index (κ2) is 7.36. The van der Waals surface area contributed by atoms with E-state index in [1.54, 1.807) is 6.20 Å². The Morgan fingerprint density at radius 1 is 1.29 bits per heavy atom. The van der Waals surface area contributed by atoms with Crippen molar-refractivity contribution >= 4 is 33.1 Å². The van der Waals surface area contributed by atoms with Gasteiger partial charge in [0.1, 0.15) is 9.71 Å². The number of aromatic nitrogens is 2. The first-order valence-electron chi connectivity index (χ1n) is 7.48. The van der Waals surface area contributed by atoms with Crippen LogP contribution in [0.4, 0.5) is 5.69 Å². The molecule has 2 heterocycles. The SMILES string of the molecule is CCCCN(CCCC)C(=O)c1sc2nnccc2c1N. The van der Waals surface area contributed by atoms with Gasteiger partial charge >= 0.3 is 0 Å². The fraction of sp³-hybridized carbons (Fsp3) is 0.533. The minimum atomic E-state index is 0.0254. The number of carbonyl (C=O) groups is 1. The Labute approximate surface area is 129 Å². The molecule has 2 N–H and O–H groups in total. The summed E-state index contributed by atoms with van der Waals surface area (Å²) in [5.41, 5.74) is 6.67. The van der Waals surface area contributed by atoms with Gasteiger partial charge in [0.25, 0.3) is 5.91 Å². The summed E-state index contributed by atoms with van der Waals surface area (Å²) >= 11 is 1.34. The van der Waals surface area contributed by atoms with Crippen LogP contribution in [-0.2, 0) is 0 Å². The normalized spacial score (nSPS) is 11.0. The maximum absolute atomic E-state index is 12.8. The van der Waals surface area contributed by atoms with Crippen molar-refractivity contribution in [2.75, 3.05) is 18.8 Å². The zero-order chi connectivity index (χ0) is 15.2. The molecule has 1 amide bonds. The number of hydrogen-bond acceptors (Lipinski definition) is 5. The zero-order valence-electron chi connectivity index (χ0n) is 12.6. The molecule has 6 heteroatoms. The van der Waals surface area contributed by atoms with Crippen molar-refractivity contribution in [3.63, 3.8) is 0 Å². The maximum atomic E-state index is 12.8. The molecule has 21 heavy (non-hydrogen) atoms. The van der Waals surface area contributed by atoms with Crippen LogP contribution in [0.2, 0.25) is 0 Å². The van der Waals surface area contributed by atoms with E-state index >= 15 is 0 Å². The second-order valence-electron chi connectivity index (χ2n) is 5.09. The maximum Gasteiger partial charge on any atom is 0.266 e. The van der Waals surface area contributed by atoms with E-state index in [-0.39, 0.29) is 5.91 Å². The summed E-state index contributed by atoms with van der Waals surface area (Å²) in [6.45, 7) is 5.83. The summed E-state index contributed by atoms with van der Waals surface area (Å²) < 4.78 is 0. The van der Waals surface area contributed by atoms with Gasteiger partial charge in [0.05, 0.1) is 11.9 Å². The highest BCUT2D eigenvalue weighted by molar-refractivity contribution is 7.21. The Kier molecular flexibility index (Phi) is 5.50. The van der Waals surface area contributed by atoms with Crippen LogP contribution in [0.15, 0.2) is 12.3 Å². The van der Waals surface area contributed by atoms with Gasteiger partial charge in [-0.25, -0.2) is 0 Å². The van der Waals surface area contributed by atoms with E-state index in [9.17, 15) is 4.79 Å². The lowest BCUT2D eigenvalue weighted by atomic mass is 10.2. The molecule has 0 aliphatic rings. The summed E-state index contributed by atoms with van der Waals surface area (Å²) in [5.74, 6) is 0.0254. The Morgan fingerprint density at radius 3 is 2.52 bits per heavy atom. The van der Waals surface area contributed by atoms with Gasteiger partial charge in [-0.3, -0.25) is 4.79 Å². The summed E-state index contributed by atoms with van der Waals surface area (Å²) in [6.07, 6.45) is 5.78. The van der Waals surface area contributed by atoms with E-state index in [1.807, 2.05) is 11.0 Å². The highest BCUT2D eigenvalue weighted by Gasteiger charge is 2.22.